The van der Waals surface area contributed by atoms with E-state index in [0.29, 0.717) is 5.37 Å². The first kappa shape index (κ1) is 8.71. The van der Waals surface area contributed by atoms with Crippen LogP contribution in [0.15, 0.2) is 23.7 Å². The molecule has 1 atom stereocenters. The van der Waals surface area contributed by atoms with E-state index in [2.05, 4.69) is 28.5 Å². The predicted molar refractivity (Wildman–Crippen MR) is 62.8 cm³/mol. The van der Waals surface area contributed by atoms with Crippen LogP contribution >= 0.6 is 23.1 Å². The van der Waals surface area contributed by atoms with E-state index in [1.165, 1.54) is 21.5 Å². The molecule has 1 aliphatic rings. The molecule has 1 N–H and O–H groups in total. The van der Waals surface area contributed by atoms with Crippen molar-refractivity contribution in [1.82, 2.24) is 10.3 Å². The summed E-state index contributed by atoms with van der Waals surface area (Å²) in [6.45, 7) is 1.11. The number of rotatable bonds is 1. The highest BCUT2D eigenvalue weighted by Gasteiger charge is 2.19. The van der Waals surface area contributed by atoms with E-state index >= 15 is 0 Å². The van der Waals surface area contributed by atoms with E-state index in [1.54, 1.807) is 11.3 Å². The maximum Gasteiger partial charge on any atom is 0.0868 e. The number of nitrogens with one attached hydrogen (secondary N) is 1. The summed E-state index contributed by atoms with van der Waals surface area (Å²) in [6, 6.07) is 6.44. The molecule has 2 aromatic rings. The molecule has 4 heteroatoms. The average molecular weight is 222 g/mol. The average Bonchev–Trinajstić information content (AvgIpc) is 2.88. The molecule has 0 spiro atoms. The van der Waals surface area contributed by atoms with E-state index in [1.807, 2.05) is 17.3 Å². The monoisotopic (exact) mass is 222 g/mol. The van der Waals surface area contributed by atoms with Crippen molar-refractivity contribution < 1.29 is 0 Å². The zero-order valence-electron chi connectivity index (χ0n) is 7.56. The van der Waals surface area contributed by atoms with Gasteiger partial charge in [-0.3, -0.25) is 0 Å². The second kappa shape index (κ2) is 3.53. The zero-order valence-corrected chi connectivity index (χ0v) is 9.20. The number of benzene rings is 1. The van der Waals surface area contributed by atoms with Crippen LogP contribution in [0.25, 0.3) is 10.2 Å². The minimum Gasteiger partial charge on any atom is -0.301 e. The predicted octanol–water partition coefficient (Wildman–Crippen LogP) is 2.63. The van der Waals surface area contributed by atoms with Crippen LogP contribution < -0.4 is 5.32 Å². The summed E-state index contributed by atoms with van der Waals surface area (Å²) in [5.41, 5.74) is 4.43. The van der Waals surface area contributed by atoms with Crippen molar-refractivity contribution >= 4 is 33.3 Å². The highest BCUT2D eigenvalue weighted by molar-refractivity contribution is 7.99. The quantitative estimate of drug-likeness (QED) is 0.803. The van der Waals surface area contributed by atoms with Crippen molar-refractivity contribution in [1.29, 1.82) is 0 Å². The molecule has 1 aromatic heterocycles. The number of para-hydroxylation sites is 1. The van der Waals surface area contributed by atoms with Crippen molar-refractivity contribution in [3.8, 4) is 0 Å². The van der Waals surface area contributed by atoms with Gasteiger partial charge in [-0.2, -0.15) is 0 Å². The summed E-state index contributed by atoms with van der Waals surface area (Å²) < 4.78 is 1.29. The van der Waals surface area contributed by atoms with Gasteiger partial charge in [0.25, 0.3) is 0 Å². The number of nitrogens with zero attached hydrogens (tertiary/aromatic N) is 1. The molecule has 1 fully saturated rings. The lowest BCUT2D eigenvalue weighted by atomic mass is 10.2. The third-order valence-corrected chi connectivity index (χ3v) is 4.38. The van der Waals surface area contributed by atoms with E-state index in [0.717, 1.165) is 6.54 Å². The number of hydrogen-bond acceptors (Lipinski definition) is 4. The Balaban J connectivity index is 2.14. The number of thioether (sulfide) groups is 1. The normalized spacial score (nSPS) is 21.9. The lowest BCUT2D eigenvalue weighted by Crippen LogP contribution is -2.12. The van der Waals surface area contributed by atoms with Crippen molar-refractivity contribution in [2.75, 3.05) is 12.3 Å². The van der Waals surface area contributed by atoms with E-state index in [-0.39, 0.29) is 0 Å². The molecule has 14 heavy (non-hydrogen) atoms. The van der Waals surface area contributed by atoms with Gasteiger partial charge in [-0.05, 0) is 6.07 Å². The van der Waals surface area contributed by atoms with Crippen LogP contribution in [-0.2, 0) is 0 Å². The minimum absolute atomic E-state index is 0.445. The van der Waals surface area contributed by atoms with E-state index < -0.39 is 0 Å². The van der Waals surface area contributed by atoms with Crippen LogP contribution in [0.4, 0.5) is 0 Å². The lowest BCUT2D eigenvalue weighted by molar-refractivity contribution is 0.754. The molecule has 0 radical (unpaired) electrons. The topological polar surface area (TPSA) is 24.9 Å². The van der Waals surface area contributed by atoms with Crippen LogP contribution in [0.5, 0.6) is 0 Å². The van der Waals surface area contributed by atoms with Gasteiger partial charge in [0.15, 0.2) is 0 Å². The first-order valence-corrected chi connectivity index (χ1v) is 6.55. The molecule has 2 heterocycles. The van der Waals surface area contributed by atoms with Gasteiger partial charge in [0.1, 0.15) is 0 Å². The molecule has 1 saturated heterocycles. The maximum absolute atomic E-state index is 4.43. The highest BCUT2D eigenvalue weighted by Crippen LogP contribution is 2.34. The molecule has 3 rings (SSSR count). The Morgan fingerprint density at radius 1 is 1.43 bits per heavy atom. The Morgan fingerprint density at radius 3 is 3.29 bits per heavy atom. The Bertz CT molecular complexity index is 446. The summed E-state index contributed by atoms with van der Waals surface area (Å²) in [4.78, 5) is 4.43. The molecule has 0 bridgehead atoms. The molecule has 2 nitrogen and oxygen atoms in total. The Labute approximate surface area is 90.7 Å². The van der Waals surface area contributed by atoms with Gasteiger partial charge in [-0.25, -0.2) is 4.98 Å². The third-order valence-electron chi connectivity index (χ3n) is 2.39. The summed E-state index contributed by atoms with van der Waals surface area (Å²) >= 11 is 3.68. The first-order chi connectivity index (χ1) is 6.95. The minimum atomic E-state index is 0.445. The molecule has 72 valence electrons. The Morgan fingerprint density at radius 2 is 2.43 bits per heavy atom. The Kier molecular flexibility index (Phi) is 2.20. The van der Waals surface area contributed by atoms with Gasteiger partial charge in [0.05, 0.1) is 21.1 Å². The van der Waals surface area contributed by atoms with Gasteiger partial charge in [0.2, 0.25) is 0 Å². The number of thiazole rings is 1. The summed E-state index contributed by atoms with van der Waals surface area (Å²) in [6.07, 6.45) is 0. The smallest absolute Gasteiger partial charge is 0.0868 e. The first-order valence-electron chi connectivity index (χ1n) is 4.62. The van der Waals surface area contributed by atoms with Gasteiger partial charge in [-0.1, -0.05) is 12.1 Å². The molecule has 0 saturated carbocycles. The van der Waals surface area contributed by atoms with E-state index in [9.17, 15) is 0 Å². The molecule has 0 amide bonds. The van der Waals surface area contributed by atoms with Crippen molar-refractivity contribution in [2.45, 2.75) is 5.37 Å². The second-order valence-electron chi connectivity index (χ2n) is 3.25. The summed E-state index contributed by atoms with van der Waals surface area (Å²) in [7, 11) is 0. The summed E-state index contributed by atoms with van der Waals surface area (Å²) in [5.74, 6) is 1.20. The zero-order chi connectivity index (χ0) is 9.38. The Hall–Kier alpha value is -0.580. The molecule has 1 unspecified atom stereocenters. The van der Waals surface area contributed by atoms with Crippen LogP contribution in [0.2, 0.25) is 0 Å². The van der Waals surface area contributed by atoms with E-state index in [4.69, 9.17) is 0 Å². The number of fused-ring (bicyclic) bond motifs is 1. The van der Waals surface area contributed by atoms with Crippen LogP contribution in [0, 0.1) is 0 Å². The molecule has 1 aliphatic heterocycles. The van der Waals surface area contributed by atoms with Crippen molar-refractivity contribution in [3.05, 3.63) is 29.3 Å². The molecular weight excluding hydrogens is 212 g/mol. The van der Waals surface area contributed by atoms with Gasteiger partial charge in [0, 0.05) is 17.9 Å². The fraction of sp³-hybridized carbons (Fsp3) is 0.300. The number of aromatic nitrogens is 1. The fourth-order valence-corrected chi connectivity index (χ4v) is 3.53. The highest BCUT2D eigenvalue weighted by atomic mass is 32.2. The van der Waals surface area contributed by atoms with Gasteiger partial charge < -0.3 is 5.32 Å². The summed E-state index contributed by atoms with van der Waals surface area (Å²) in [5, 5.41) is 3.93. The van der Waals surface area contributed by atoms with Crippen molar-refractivity contribution in [2.24, 2.45) is 0 Å². The maximum atomic E-state index is 4.43. The van der Waals surface area contributed by atoms with Crippen molar-refractivity contribution in [3.63, 3.8) is 0 Å². The van der Waals surface area contributed by atoms with Crippen LogP contribution in [-0.4, -0.2) is 17.3 Å². The SMILES string of the molecule is c1cc(C2NCCS2)c2ncsc2c1. The van der Waals surface area contributed by atoms with Gasteiger partial charge >= 0.3 is 0 Å². The standard InChI is InChI=1S/C10H10N2S2/c1-2-7(10-11-4-5-13-10)9-8(3-1)14-6-12-9/h1-3,6,10-11H,4-5H2. The second-order valence-corrected chi connectivity index (χ2v) is 5.35. The lowest BCUT2D eigenvalue weighted by Gasteiger charge is -2.09. The van der Waals surface area contributed by atoms with Gasteiger partial charge in [-0.15, -0.1) is 23.1 Å². The van der Waals surface area contributed by atoms with Crippen LogP contribution in [0.3, 0.4) is 0 Å². The fourth-order valence-electron chi connectivity index (χ4n) is 1.75. The number of hydrogen-bond donors (Lipinski definition) is 1. The molecule has 0 aliphatic carbocycles. The van der Waals surface area contributed by atoms with Crippen LogP contribution in [0.1, 0.15) is 10.9 Å². The molecule has 1 aromatic carbocycles. The largest absolute Gasteiger partial charge is 0.301 e. The third kappa shape index (κ3) is 1.34. The molecular formula is C10H10N2S2.